The molecule has 0 radical (unpaired) electrons. The monoisotopic (exact) mass is 246 g/mol. The first-order valence-electron chi connectivity index (χ1n) is 6.61. The first-order chi connectivity index (χ1) is 8.65. The molecule has 1 N–H and O–H groups in total. The van der Waals surface area contributed by atoms with Crippen LogP contribution in [0, 0.1) is 6.92 Å². The van der Waals surface area contributed by atoms with E-state index in [1.54, 1.807) is 0 Å². The van der Waals surface area contributed by atoms with E-state index in [1.165, 1.54) is 18.4 Å². The fourth-order valence-corrected chi connectivity index (χ4v) is 1.68. The lowest BCUT2D eigenvalue weighted by Gasteiger charge is -2.11. The minimum absolute atomic E-state index is 0.615. The SMILES string of the molecule is CC(C)=CCOc1ccc(C)nc1CNC1CC1. The summed E-state index contributed by atoms with van der Waals surface area (Å²) >= 11 is 0. The van der Waals surface area contributed by atoms with Crippen LogP contribution in [0.1, 0.15) is 38.1 Å². The van der Waals surface area contributed by atoms with Gasteiger partial charge in [0.05, 0.1) is 5.69 Å². The zero-order valence-corrected chi connectivity index (χ0v) is 11.5. The maximum Gasteiger partial charge on any atom is 0.142 e. The molecule has 1 aliphatic rings. The lowest BCUT2D eigenvalue weighted by molar-refractivity contribution is 0.354. The minimum atomic E-state index is 0.615. The number of nitrogens with zero attached hydrogens (tertiary/aromatic N) is 1. The van der Waals surface area contributed by atoms with Gasteiger partial charge in [-0.2, -0.15) is 0 Å². The molecule has 0 unspecified atom stereocenters. The summed E-state index contributed by atoms with van der Waals surface area (Å²) in [5.41, 5.74) is 3.33. The average molecular weight is 246 g/mol. The number of aryl methyl sites for hydroxylation is 1. The highest BCUT2D eigenvalue weighted by Gasteiger charge is 2.21. The molecule has 1 aromatic heterocycles. The predicted molar refractivity (Wildman–Crippen MR) is 73.8 cm³/mol. The van der Waals surface area contributed by atoms with Crippen molar-refractivity contribution in [1.29, 1.82) is 0 Å². The normalized spacial score (nSPS) is 14.4. The van der Waals surface area contributed by atoms with Crippen LogP contribution < -0.4 is 10.1 Å². The third kappa shape index (κ3) is 4.15. The maximum absolute atomic E-state index is 5.78. The molecule has 1 fully saturated rings. The van der Waals surface area contributed by atoms with Crippen molar-refractivity contribution in [2.75, 3.05) is 6.61 Å². The van der Waals surface area contributed by atoms with Crippen LogP contribution in [0.5, 0.6) is 5.75 Å². The van der Waals surface area contributed by atoms with Crippen molar-refractivity contribution in [3.05, 3.63) is 35.2 Å². The van der Waals surface area contributed by atoms with E-state index in [0.29, 0.717) is 12.6 Å². The standard InChI is InChI=1S/C15H22N2O/c1-11(2)8-9-18-15-7-4-12(3)17-14(15)10-16-13-5-6-13/h4,7-8,13,16H,5-6,9-10H2,1-3H3. The molecule has 2 rings (SSSR count). The Balaban J connectivity index is 1.99. The van der Waals surface area contributed by atoms with Crippen LogP contribution in [-0.4, -0.2) is 17.6 Å². The molecule has 0 spiro atoms. The molecule has 1 aliphatic carbocycles. The minimum Gasteiger partial charge on any atom is -0.488 e. The fourth-order valence-electron chi connectivity index (χ4n) is 1.68. The molecular weight excluding hydrogens is 224 g/mol. The maximum atomic E-state index is 5.78. The van der Waals surface area contributed by atoms with E-state index in [1.807, 2.05) is 19.1 Å². The number of ether oxygens (including phenoxy) is 1. The van der Waals surface area contributed by atoms with Crippen molar-refractivity contribution in [1.82, 2.24) is 10.3 Å². The molecule has 0 aliphatic heterocycles. The van der Waals surface area contributed by atoms with Gasteiger partial charge in [-0.05, 0) is 51.8 Å². The van der Waals surface area contributed by atoms with Crippen molar-refractivity contribution >= 4 is 0 Å². The lowest BCUT2D eigenvalue weighted by atomic mass is 10.2. The van der Waals surface area contributed by atoms with Crippen LogP contribution in [0.3, 0.4) is 0 Å². The Labute approximate surface area is 109 Å². The van der Waals surface area contributed by atoms with Gasteiger partial charge in [0.2, 0.25) is 0 Å². The number of pyridine rings is 1. The Kier molecular flexibility index (Phi) is 4.37. The Morgan fingerprint density at radius 1 is 1.44 bits per heavy atom. The van der Waals surface area contributed by atoms with Crippen molar-refractivity contribution in [3.63, 3.8) is 0 Å². The van der Waals surface area contributed by atoms with Gasteiger partial charge >= 0.3 is 0 Å². The first kappa shape index (κ1) is 13.1. The van der Waals surface area contributed by atoms with Gasteiger partial charge in [-0.15, -0.1) is 0 Å². The summed E-state index contributed by atoms with van der Waals surface area (Å²) in [6, 6.07) is 4.71. The number of allylic oxidation sites excluding steroid dienone is 1. The summed E-state index contributed by atoms with van der Waals surface area (Å²) in [6.45, 7) is 7.58. The second kappa shape index (κ2) is 6.01. The summed E-state index contributed by atoms with van der Waals surface area (Å²) in [5.74, 6) is 0.895. The average Bonchev–Trinajstić information content (AvgIpc) is 3.12. The highest BCUT2D eigenvalue weighted by atomic mass is 16.5. The van der Waals surface area contributed by atoms with Crippen LogP contribution >= 0.6 is 0 Å². The number of nitrogens with one attached hydrogen (secondary N) is 1. The fraction of sp³-hybridized carbons (Fsp3) is 0.533. The quantitative estimate of drug-likeness (QED) is 0.784. The topological polar surface area (TPSA) is 34.1 Å². The smallest absolute Gasteiger partial charge is 0.142 e. The van der Waals surface area contributed by atoms with E-state index in [-0.39, 0.29) is 0 Å². The van der Waals surface area contributed by atoms with Gasteiger partial charge in [-0.1, -0.05) is 5.57 Å². The largest absolute Gasteiger partial charge is 0.488 e. The molecule has 1 saturated carbocycles. The van der Waals surface area contributed by atoms with Crippen LogP contribution in [0.15, 0.2) is 23.8 Å². The van der Waals surface area contributed by atoms with Gasteiger partial charge in [0.1, 0.15) is 12.4 Å². The van der Waals surface area contributed by atoms with Crippen molar-refractivity contribution in [2.45, 2.75) is 46.2 Å². The van der Waals surface area contributed by atoms with E-state index in [4.69, 9.17) is 4.74 Å². The molecule has 3 heteroatoms. The molecule has 0 bridgehead atoms. The van der Waals surface area contributed by atoms with Gasteiger partial charge in [0, 0.05) is 18.3 Å². The molecule has 0 atom stereocenters. The molecular formula is C15H22N2O. The van der Waals surface area contributed by atoms with E-state index < -0.39 is 0 Å². The highest BCUT2D eigenvalue weighted by molar-refractivity contribution is 5.29. The summed E-state index contributed by atoms with van der Waals surface area (Å²) in [7, 11) is 0. The number of hydrogen-bond donors (Lipinski definition) is 1. The molecule has 1 heterocycles. The van der Waals surface area contributed by atoms with Crippen LogP contribution in [0.2, 0.25) is 0 Å². The van der Waals surface area contributed by atoms with Gasteiger partial charge < -0.3 is 10.1 Å². The Morgan fingerprint density at radius 2 is 2.22 bits per heavy atom. The van der Waals surface area contributed by atoms with Gasteiger partial charge in [-0.3, -0.25) is 4.98 Å². The third-order valence-corrected chi connectivity index (χ3v) is 2.94. The molecule has 1 aromatic rings. The summed E-state index contributed by atoms with van der Waals surface area (Å²) in [6.07, 6.45) is 4.66. The molecule has 3 nitrogen and oxygen atoms in total. The second-order valence-electron chi connectivity index (χ2n) is 5.15. The second-order valence-corrected chi connectivity index (χ2v) is 5.15. The summed E-state index contributed by atoms with van der Waals surface area (Å²) < 4.78 is 5.78. The Hall–Kier alpha value is -1.35. The molecule has 0 amide bonds. The summed E-state index contributed by atoms with van der Waals surface area (Å²) in [5, 5.41) is 3.48. The van der Waals surface area contributed by atoms with Gasteiger partial charge in [-0.25, -0.2) is 0 Å². The summed E-state index contributed by atoms with van der Waals surface area (Å²) in [4.78, 5) is 4.56. The molecule has 18 heavy (non-hydrogen) atoms. The Bertz CT molecular complexity index is 432. The zero-order chi connectivity index (χ0) is 13.0. The number of aromatic nitrogens is 1. The van der Waals surface area contributed by atoms with E-state index in [9.17, 15) is 0 Å². The van der Waals surface area contributed by atoms with E-state index in [0.717, 1.165) is 23.7 Å². The van der Waals surface area contributed by atoms with Crippen LogP contribution in [0.4, 0.5) is 0 Å². The Morgan fingerprint density at radius 3 is 2.89 bits per heavy atom. The van der Waals surface area contributed by atoms with Crippen LogP contribution in [-0.2, 0) is 6.54 Å². The van der Waals surface area contributed by atoms with E-state index in [2.05, 4.69) is 30.2 Å². The van der Waals surface area contributed by atoms with Crippen molar-refractivity contribution in [2.24, 2.45) is 0 Å². The van der Waals surface area contributed by atoms with Crippen LogP contribution in [0.25, 0.3) is 0 Å². The number of rotatable bonds is 6. The van der Waals surface area contributed by atoms with E-state index >= 15 is 0 Å². The predicted octanol–water partition coefficient (Wildman–Crippen LogP) is 2.99. The third-order valence-electron chi connectivity index (χ3n) is 2.94. The van der Waals surface area contributed by atoms with Gasteiger partial charge in [0.25, 0.3) is 0 Å². The number of hydrogen-bond acceptors (Lipinski definition) is 3. The van der Waals surface area contributed by atoms with Crippen molar-refractivity contribution in [3.8, 4) is 5.75 Å². The molecule has 98 valence electrons. The van der Waals surface area contributed by atoms with Gasteiger partial charge in [0.15, 0.2) is 0 Å². The molecule has 0 aromatic carbocycles. The zero-order valence-electron chi connectivity index (χ0n) is 11.5. The highest BCUT2D eigenvalue weighted by Crippen LogP contribution is 2.22. The first-order valence-corrected chi connectivity index (χ1v) is 6.61. The lowest BCUT2D eigenvalue weighted by Crippen LogP contribution is -2.17. The van der Waals surface area contributed by atoms with Crippen molar-refractivity contribution < 1.29 is 4.74 Å². The molecule has 0 saturated heterocycles.